The molecule has 0 unspecified atom stereocenters. The average molecular weight is 886 g/mol. The molecule has 3 heterocycles. The van der Waals surface area contributed by atoms with E-state index in [1.54, 1.807) is 0 Å². The molecule has 0 bridgehead atoms. The molecular formula is C64H39NO2S. The van der Waals surface area contributed by atoms with Gasteiger partial charge in [0.05, 0.1) is 21.9 Å². The summed E-state index contributed by atoms with van der Waals surface area (Å²) >= 11 is 1.85. The molecule has 2 spiro atoms. The van der Waals surface area contributed by atoms with Crippen LogP contribution in [0.5, 0.6) is 11.5 Å². The minimum atomic E-state index is -0.630. The molecule has 15 rings (SSSR count). The molecule has 10 aromatic carbocycles. The van der Waals surface area contributed by atoms with Gasteiger partial charge in [-0.05, 0) is 128 Å². The summed E-state index contributed by atoms with van der Waals surface area (Å²) in [5, 5.41) is 2.14. The van der Waals surface area contributed by atoms with Crippen molar-refractivity contribution < 1.29 is 9.15 Å². The van der Waals surface area contributed by atoms with Gasteiger partial charge in [0.15, 0.2) is 0 Å². The lowest BCUT2D eigenvalue weighted by atomic mass is 9.66. The largest absolute Gasteiger partial charge is 0.457 e. The van der Waals surface area contributed by atoms with Gasteiger partial charge in [0, 0.05) is 37.7 Å². The highest BCUT2D eigenvalue weighted by Gasteiger charge is 2.52. The van der Waals surface area contributed by atoms with Crippen LogP contribution in [0.3, 0.4) is 0 Å². The highest BCUT2D eigenvalue weighted by Crippen LogP contribution is 2.65. The zero-order valence-corrected chi connectivity index (χ0v) is 37.6. The van der Waals surface area contributed by atoms with Gasteiger partial charge in [-0.15, -0.1) is 0 Å². The van der Waals surface area contributed by atoms with Gasteiger partial charge in [0.1, 0.15) is 22.7 Å². The monoisotopic (exact) mass is 885 g/mol. The maximum Gasteiger partial charge on any atom is 0.137 e. The Hall–Kier alpha value is -8.31. The minimum Gasteiger partial charge on any atom is -0.457 e. The summed E-state index contributed by atoms with van der Waals surface area (Å²) in [6, 6.07) is 80.3. The lowest BCUT2D eigenvalue weighted by Crippen LogP contribution is -2.32. The van der Waals surface area contributed by atoms with Crippen LogP contribution in [0.1, 0.15) is 50.1 Å². The maximum atomic E-state index is 6.97. The Morgan fingerprint density at radius 1 is 0.412 bits per heavy atom. The van der Waals surface area contributed by atoms with Gasteiger partial charge in [-0.25, -0.2) is 0 Å². The second-order valence-electron chi connectivity index (χ2n) is 18.3. The Balaban J connectivity index is 1.04. The fourth-order valence-corrected chi connectivity index (χ4v) is 13.8. The molecule has 318 valence electrons. The molecule has 4 aliphatic rings. The molecule has 11 aromatic rings. The first-order valence-electron chi connectivity index (χ1n) is 23.3. The molecule has 2 aliphatic heterocycles. The fourth-order valence-electron chi connectivity index (χ4n) is 12.5. The first-order valence-corrected chi connectivity index (χ1v) is 24.1. The first kappa shape index (κ1) is 37.9. The lowest BCUT2D eigenvalue weighted by molar-refractivity contribution is 0.436. The van der Waals surface area contributed by atoms with Crippen molar-refractivity contribution in [3.05, 3.63) is 275 Å². The molecule has 0 N–H and O–H groups in total. The van der Waals surface area contributed by atoms with Crippen molar-refractivity contribution in [2.45, 2.75) is 20.6 Å². The molecule has 0 saturated carbocycles. The normalized spacial score (nSPS) is 14.5. The highest BCUT2D eigenvalue weighted by atomic mass is 32.2. The lowest BCUT2D eigenvalue weighted by Gasteiger charge is -2.41. The number of hydrogen-bond donors (Lipinski definition) is 0. The van der Waals surface area contributed by atoms with Crippen molar-refractivity contribution in [2.75, 3.05) is 4.90 Å². The number of fused-ring (bicyclic) bond motifs is 21. The molecular weight excluding hydrogens is 847 g/mol. The minimum absolute atomic E-state index is 0.576. The van der Waals surface area contributed by atoms with E-state index < -0.39 is 10.8 Å². The van der Waals surface area contributed by atoms with E-state index in [2.05, 4.69) is 224 Å². The van der Waals surface area contributed by atoms with Gasteiger partial charge in [-0.1, -0.05) is 176 Å². The van der Waals surface area contributed by atoms with Crippen molar-refractivity contribution in [2.24, 2.45) is 0 Å². The highest BCUT2D eigenvalue weighted by molar-refractivity contribution is 7.99. The maximum absolute atomic E-state index is 6.97. The van der Waals surface area contributed by atoms with E-state index in [1.807, 2.05) is 23.9 Å². The van der Waals surface area contributed by atoms with E-state index in [4.69, 9.17) is 9.15 Å². The smallest absolute Gasteiger partial charge is 0.137 e. The van der Waals surface area contributed by atoms with E-state index in [-0.39, 0.29) is 0 Å². The van der Waals surface area contributed by atoms with Crippen molar-refractivity contribution in [3.8, 4) is 33.8 Å². The number of para-hydroxylation sites is 2. The van der Waals surface area contributed by atoms with Crippen LogP contribution in [-0.2, 0) is 10.8 Å². The molecule has 4 heteroatoms. The average Bonchev–Trinajstić information content (AvgIpc) is 4.03. The molecule has 0 atom stereocenters. The Bertz CT molecular complexity index is 3900. The summed E-state index contributed by atoms with van der Waals surface area (Å²) < 4.78 is 13.6. The van der Waals surface area contributed by atoms with Gasteiger partial charge in [-0.3, -0.25) is 0 Å². The van der Waals surface area contributed by atoms with Gasteiger partial charge >= 0.3 is 0 Å². The molecule has 1 aromatic heterocycles. The van der Waals surface area contributed by atoms with Gasteiger partial charge in [-0.2, -0.15) is 0 Å². The van der Waals surface area contributed by atoms with Gasteiger partial charge in [0.25, 0.3) is 0 Å². The number of anilines is 3. The molecule has 68 heavy (non-hydrogen) atoms. The first-order chi connectivity index (χ1) is 33.7. The van der Waals surface area contributed by atoms with Crippen LogP contribution in [0.15, 0.2) is 239 Å². The third-order valence-corrected chi connectivity index (χ3v) is 16.3. The SMILES string of the molecule is C=Cc1ccc2c(c1)Sc1ccc(N(c3ccc4c(c3)C3(c5ccccc5O4)c4ccccc4-c4ccccc43)c3cccc4oc5ccccc5c34)cc1C21c2ccccc2-c2ccccc21. The predicted octanol–water partition coefficient (Wildman–Crippen LogP) is 17.0. The number of nitrogens with zero attached hydrogens (tertiary/aromatic N) is 1. The zero-order valence-electron chi connectivity index (χ0n) is 36.7. The van der Waals surface area contributed by atoms with Crippen molar-refractivity contribution in [3.63, 3.8) is 0 Å². The Morgan fingerprint density at radius 3 is 1.63 bits per heavy atom. The Labute approximate surface area is 398 Å². The van der Waals surface area contributed by atoms with Crippen molar-refractivity contribution in [1.29, 1.82) is 0 Å². The third-order valence-electron chi connectivity index (χ3n) is 15.2. The van der Waals surface area contributed by atoms with Crippen LogP contribution in [0.25, 0.3) is 50.3 Å². The second-order valence-corrected chi connectivity index (χ2v) is 19.4. The van der Waals surface area contributed by atoms with Crippen LogP contribution in [0.4, 0.5) is 17.1 Å². The van der Waals surface area contributed by atoms with E-state index >= 15 is 0 Å². The summed E-state index contributed by atoms with van der Waals surface area (Å²) in [6.07, 6.45) is 1.95. The summed E-state index contributed by atoms with van der Waals surface area (Å²) in [5.41, 5.74) is 19.7. The number of rotatable bonds is 4. The van der Waals surface area contributed by atoms with Crippen LogP contribution in [-0.4, -0.2) is 0 Å². The van der Waals surface area contributed by atoms with E-state index in [1.165, 1.54) is 65.4 Å². The van der Waals surface area contributed by atoms with Crippen LogP contribution >= 0.6 is 11.8 Å². The fraction of sp³-hybridized carbons (Fsp3) is 0.0312. The molecule has 0 fully saturated rings. The topological polar surface area (TPSA) is 25.6 Å². The van der Waals surface area contributed by atoms with Crippen LogP contribution in [0, 0.1) is 0 Å². The molecule has 0 radical (unpaired) electrons. The summed E-state index contributed by atoms with van der Waals surface area (Å²) in [4.78, 5) is 4.94. The zero-order chi connectivity index (χ0) is 44.7. The summed E-state index contributed by atoms with van der Waals surface area (Å²) in [5.74, 6) is 1.72. The predicted molar refractivity (Wildman–Crippen MR) is 277 cm³/mol. The standard InChI is InChI=1S/C64H39NO2S/c1-2-39-30-33-52-61(36-39)68-60-35-32-41(38-54(60)64(52)49-23-10-5-18-44(49)45-19-6-11-24-50(45)64)65(55-26-15-29-59-62(55)46-20-7-13-27-56(46)66-59)40-31-34-58-53(37-40)63(51-25-12-14-28-57(51)67-58)47-21-8-3-16-42(47)43-17-4-9-22-48(43)63/h2-38H,1H2. The quantitative estimate of drug-likeness (QED) is 0.176. The second kappa shape index (κ2) is 13.9. The van der Waals surface area contributed by atoms with Crippen molar-refractivity contribution >= 4 is 56.8 Å². The number of ether oxygens (including phenoxy) is 1. The number of benzene rings is 10. The molecule has 0 amide bonds. The van der Waals surface area contributed by atoms with Crippen LogP contribution in [0.2, 0.25) is 0 Å². The summed E-state index contributed by atoms with van der Waals surface area (Å²) in [7, 11) is 0. The third kappa shape index (κ3) is 4.79. The van der Waals surface area contributed by atoms with Crippen molar-refractivity contribution in [1.82, 2.24) is 0 Å². The Kier molecular flexibility index (Phi) is 7.72. The van der Waals surface area contributed by atoms with Gasteiger partial charge < -0.3 is 14.1 Å². The molecule has 3 nitrogen and oxygen atoms in total. The number of furan rings is 1. The summed E-state index contributed by atoms with van der Waals surface area (Å²) in [6.45, 7) is 4.16. The van der Waals surface area contributed by atoms with Crippen LogP contribution < -0.4 is 9.64 Å². The van der Waals surface area contributed by atoms with Gasteiger partial charge in [0.2, 0.25) is 0 Å². The Morgan fingerprint density at radius 2 is 0.956 bits per heavy atom. The van der Waals surface area contributed by atoms with E-state index in [0.29, 0.717) is 0 Å². The number of hydrogen-bond acceptors (Lipinski definition) is 4. The molecule has 0 saturated heterocycles. The molecule has 2 aliphatic carbocycles. The van der Waals surface area contributed by atoms with E-state index in [9.17, 15) is 0 Å². The van der Waals surface area contributed by atoms with E-state index in [0.717, 1.165) is 67.2 Å².